The lowest BCUT2D eigenvalue weighted by molar-refractivity contribution is -0.384. The van der Waals surface area contributed by atoms with Gasteiger partial charge in [-0.25, -0.2) is 0 Å². The highest BCUT2D eigenvalue weighted by Crippen LogP contribution is 2.26. The first-order chi connectivity index (χ1) is 10.1. The van der Waals surface area contributed by atoms with Gasteiger partial charge in [-0.05, 0) is 43.9 Å². The van der Waals surface area contributed by atoms with Gasteiger partial charge in [-0.15, -0.1) is 0 Å². The van der Waals surface area contributed by atoms with Crippen molar-refractivity contribution >= 4 is 11.4 Å². The zero-order valence-corrected chi connectivity index (χ0v) is 12.4. The van der Waals surface area contributed by atoms with E-state index in [1.165, 1.54) is 5.56 Å². The molecule has 0 aliphatic carbocycles. The predicted octanol–water partition coefficient (Wildman–Crippen LogP) is 4.34. The van der Waals surface area contributed by atoms with Crippen LogP contribution in [-0.4, -0.2) is 11.0 Å². The lowest BCUT2D eigenvalue weighted by atomic mass is 10.1. The number of nitro benzene ring substituents is 1. The number of hydrogen-bond donors (Lipinski definition) is 1. The van der Waals surface area contributed by atoms with Crippen molar-refractivity contribution in [3.63, 3.8) is 0 Å². The van der Waals surface area contributed by atoms with Gasteiger partial charge in [0.05, 0.1) is 4.92 Å². The molecule has 0 aliphatic rings. The summed E-state index contributed by atoms with van der Waals surface area (Å²) in [5.74, 6) is 0. The summed E-state index contributed by atoms with van der Waals surface area (Å²) in [6, 6.07) is 15.6. The summed E-state index contributed by atoms with van der Waals surface area (Å²) in [6.45, 7) is 3.98. The molecule has 0 bridgehead atoms. The number of nitrogens with zero attached hydrogens (tertiary/aromatic N) is 1. The Bertz CT molecular complexity index is 611. The maximum absolute atomic E-state index is 11.1. The van der Waals surface area contributed by atoms with Gasteiger partial charge in [-0.2, -0.15) is 0 Å². The summed E-state index contributed by atoms with van der Waals surface area (Å²) in [5, 5.41) is 14.3. The zero-order chi connectivity index (χ0) is 15.2. The van der Waals surface area contributed by atoms with Gasteiger partial charge >= 0.3 is 0 Å². The molecule has 0 spiro atoms. The number of nitro groups is 1. The molecular formula is C17H20N2O2. The van der Waals surface area contributed by atoms with Gasteiger partial charge in [0.15, 0.2) is 0 Å². The third-order valence-corrected chi connectivity index (χ3v) is 3.46. The Morgan fingerprint density at radius 3 is 2.57 bits per heavy atom. The van der Waals surface area contributed by atoms with Crippen LogP contribution in [0.3, 0.4) is 0 Å². The van der Waals surface area contributed by atoms with Crippen molar-refractivity contribution in [2.45, 2.75) is 32.7 Å². The van der Waals surface area contributed by atoms with E-state index in [1.807, 2.05) is 31.2 Å². The fourth-order valence-corrected chi connectivity index (χ4v) is 2.29. The number of rotatable bonds is 6. The third kappa shape index (κ3) is 4.31. The molecule has 0 amide bonds. The largest absolute Gasteiger partial charge is 0.377 e. The molecule has 0 radical (unpaired) electrons. The molecule has 0 aliphatic heterocycles. The lowest BCUT2D eigenvalue weighted by Crippen LogP contribution is -2.17. The number of aryl methyl sites for hydroxylation is 2. The summed E-state index contributed by atoms with van der Waals surface area (Å²) in [4.78, 5) is 10.7. The SMILES string of the molecule is Cc1ccc([N+](=O)[O-])c(NC(C)CCc2ccccc2)c1. The second kappa shape index (κ2) is 6.88. The number of benzene rings is 2. The van der Waals surface area contributed by atoms with Crippen molar-refractivity contribution in [2.24, 2.45) is 0 Å². The maximum atomic E-state index is 11.1. The van der Waals surface area contributed by atoms with Crippen LogP contribution in [0, 0.1) is 17.0 Å². The fourth-order valence-electron chi connectivity index (χ4n) is 2.29. The highest BCUT2D eigenvalue weighted by Gasteiger charge is 2.15. The number of anilines is 1. The molecule has 4 nitrogen and oxygen atoms in total. The molecule has 2 rings (SSSR count). The van der Waals surface area contributed by atoms with Gasteiger partial charge < -0.3 is 5.32 Å². The molecule has 0 saturated heterocycles. The minimum atomic E-state index is -0.342. The van der Waals surface area contributed by atoms with E-state index < -0.39 is 0 Å². The van der Waals surface area contributed by atoms with Crippen LogP contribution in [0.25, 0.3) is 0 Å². The normalized spacial score (nSPS) is 11.9. The van der Waals surface area contributed by atoms with Crippen molar-refractivity contribution in [1.82, 2.24) is 0 Å². The average molecular weight is 284 g/mol. The van der Waals surface area contributed by atoms with Gasteiger partial charge in [0.1, 0.15) is 5.69 Å². The van der Waals surface area contributed by atoms with Crippen molar-refractivity contribution < 1.29 is 4.92 Å². The van der Waals surface area contributed by atoms with E-state index >= 15 is 0 Å². The van der Waals surface area contributed by atoms with Gasteiger partial charge in [0.2, 0.25) is 0 Å². The molecule has 110 valence electrons. The quantitative estimate of drug-likeness (QED) is 0.634. The second-order valence-electron chi connectivity index (χ2n) is 5.35. The summed E-state index contributed by atoms with van der Waals surface area (Å²) < 4.78 is 0. The van der Waals surface area contributed by atoms with E-state index in [2.05, 4.69) is 24.4 Å². The molecule has 2 aromatic carbocycles. The highest BCUT2D eigenvalue weighted by molar-refractivity contribution is 5.63. The lowest BCUT2D eigenvalue weighted by Gasteiger charge is -2.15. The van der Waals surface area contributed by atoms with E-state index in [4.69, 9.17) is 0 Å². The Kier molecular flexibility index (Phi) is 4.93. The minimum Gasteiger partial charge on any atom is -0.377 e. The van der Waals surface area contributed by atoms with Gasteiger partial charge in [0.25, 0.3) is 5.69 Å². The standard InChI is InChI=1S/C17H20N2O2/c1-13-8-11-17(19(20)21)16(12-13)18-14(2)9-10-15-6-4-3-5-7-15/h3-8,11-12,14,18H,9-10H2,1-2H3. The maximum Gasteiger partial charge on any atom is 0.292 e. The van der Waals surface area contributed by atoms with Crippen LogP contribution in [0.15, 0.2) is 48.5 Å². The van der Waals surface area contributed by atoms with Crippen LogP contribution in [0.1, 0.15) is 24.5 Å². The summed E-state index contributed by atoms with van der Waals surface area (Å²) in [6.07, 6.45) is 1.88. The van der Waals surface area contributed by atoms with Crippen LogP contribution in [0.4, 0.5) is 11.4 Å². The predicted molar refractivity (Wildman–Crippen MR) is 85.7 cm³/mol. The molecule has 2 aromatic rings. The first kappa shape index (κ1) is 15.0. The van der Waals surface area contributed by atoms with E-state index in [-0.39, 0.29) is 16.7 Å². The van der Waals surface area contributed by atoms with Crippen molar-refractivity contribution in [3.8, 4) is 0 Å². The van der Waals surface area contributed by atoms with E-state index in [1.54, 1.807) is 12.1 Å². The van der Waals surface area contributed by atoms with E-state index in [0.717, 1.165) is 18.4 Å². The van der Waals surface area contributed by atoms with Crippen LogP contribution in [-0.2, 0) is 6.42 Å². The van der Waals surface area contributed by atoms with Crippen LogP contribution in [0.5, 0.6) is 0 Å². The van der Waals surface area contributed by atoms with Gasteiger partial charge in [0, 0.05) is 12.1 Å². The summed E-state index contributed by atoms with van der Waals surface area (Å²) in [5.41, 5.74) is 3.02. The zero-order valence-electron chi connectivity index (χ0n) is 12.4. The molecular weight excluding hydrogens is 264 g/mol. The monoisotopic (exact) mass is 284 g/mol. The Hall–Kier alpha value is -2.36. The molecule has 0 fully saturated rings. The van der Waals surface area contributed by atoms with E-state index in [9.17, 15) is 10.1 Å². The molecule has 0 heterocycles. The van der Waals surface area contributed by atoms with Crippen LogP contribution >= 0.6 is 0 Å². The molecule has 4 heteroatoms. The fraction of sp³-hybridized carbons (Fsp3) is 0.294. The summed E-state index contributed by atoms with van der Waals surface area (Å²) >= 11 is 0. The first-order valence-corrected chi connectivity index (χ1v) is 7.12. The Morgan fingerprint density at radius 1 is 1.19 bits per heavy atom. The van der Waals surface area contributed by atoms with Crippen molar-refractivity contribution in [2.75, 3.05) is 5.32 Å². The summed E-state index contributed by atoms with van der Waals surface area (Å²) in [7, 11) is 0. The molecule has 1 N–H and O–H groups in total. The smallest absolute Gasteiger partial charge is 0.292 e. The van der Waals surface area contributed by atoms with Gasteiger partial charge in [-0.3, -0.25) is 10.1 Å². The van der Waals surface area contributed by atoms with Crippen LogP contribution < -0.4 is 5.32 Å². The Morgan fingerprint density at radius 2 is 1.90 bits per heavy atom. The molecule has 1 atom stereocenters. The number of nitrogens with one attached hydrogen (secondary N) is 1. The van der Waals surface area contributed by atoms with E-state index in [0.29, 0.717) is 5.69 Å². The topological polar surface area (TPSA) is 55.2 Å². The average Bonchev–Trinajstić information content (AvgIpc) is 2.46. The van der Waals surface area contributed by atoms with Crippen molar-refractivity contribution in [3.05, 3.63) is 69.8 Å². The second-order valence-corrected chi connectivity index (χ2v) is 5.35. The Balaban J connectivity index is 2.01. The van der Waals surface area contributed by atoms with Gasteiger partial charge in [-0.1, -0.05) is 36.4 Å². The molecule has 1 unspecified atom stereocenters. The Labute approximate surface area is 125 Å². The highest BCUT2D eigenvalue weighted by atomic mass is 16.6. The molecule has 21 heavy (non-hydrogen) atoms. The van der Waals surface area contributed by atoms with Crippen LogP contribution in [0.2, 0.25) is 0 Å². The number of hydrogen-bond acceptors (Lipinski definition) is 3. The van der Waals surface area contributed by atoms with Crippen molar-refractivity contribution in [1.29, 1.82) is 0 Å². The molecule has 0 aromatic heterocycles. The minimum absolute atomic E-state index is 0.132. The first-order valence-electron chi connectivity index (χ1n) is 7.12. The third-order valence-electron chi connectivity index (χ3n) is 3.46. The molecule has 0 saturated carbocycles.